The molecule has 0 aliphatic carbocycles. The van der Waals surface area contributed by atoms with Crippen molar-refractivity contribution in [3.05, 3.63) is 48.0 Å². The Kier molecular flexibility index (Phi) is 12.3. The molecule has 1 aromatic carbocycles. The van der Waals surface area contributed by atoms with Gasteiger partial charge in [0, 0.05) is 18.3 Å². The third-order valence-electron chi connectivity index (χ3n) is 5.97. The van der Waals surface area contributed by atoms with Crippen molar-refractivity contribution >= 4 is 23.7 Å². The Hall–Kier alpha value is -4.01. The zero-order chi connectivity index (χ0) is 28.9. The van der Waals surface area contributed by atoms with Gasteiger partial charge in [0.2, 0.25) is 17.7 Å². The fourth-order valence-corrected chi connectivity index (χ4v) is 3.76. The number of benzene rings is 1. The molecule has 0 saturated carbocycles. The number of aromatic amines is 1. The van der Waals surface area contributed by atoms with Crippen molar-refractivity contribution in [3.63, 3.8) is 0 Å². The van der Waals surface area contributed by atoms with Crippen LogP contribution in [0, 0.1) is 0 Å². The average Bonchev–Trinajstić information content (AvgIpc) is 3.40. The van der Waals surface area contributed by atoms with Crippen LogP contribution < -0.4 is 27.4 Å². The number of phenols is 1. The number of unbranched alkanes of at least 4 members (excludes halogenated alkanes) is 1. The summed E-state index contributed by atoms with van der Waals surface area (Å²) in [6, 6.07) is 1.28. The summed E-state index contributed by atoms with van der Waals surface area (Å²) in [4.78, 5) is 57.4. The number of aromatic hydroxyl groups is 1. The topological polar surface area (TPSA) is 246 Å². The van der Waals surface area contributed by atoms with Crippen LogP contribution in [0.25, 0.3) is 0 Å². The maximum atomic E-state index is 13.3. The molecular formula is C25H37N7O7. The van der Waals surface area contributed by atoms with Gasteiger partial charge in [0.05, 0.1) is 18.5 Å². The van der Waals surface area contributed by atoms with Gasteiger partial charge in [-0.15, -0.1) is 0 Å². The molecule has 0 aliphatic heterocycles. The van der Waals surface area contributed by atoms with Gasteiger partial charge < -0.3 is 47.7 Å². The van der Waals surface area contributed by atoms with E-state index >= 15 is 0 Å². The number of aliphatic hydroxyl groups excluding tert-OH is 1. The number of H-pyrrole nitrogens is 1. The summed E-state index contributed by atoms with van der Waals surface area (Å²) in [7, 11) is 0. The van der Waals surface area contributed by atoms with E-state index in [1.165, 1.54) is 31.6 Å². The van der Waals surface area contributed by atoms with Crippen molar-refractivity contribution < 1.29 is 34.5 Å². The normalized spacial score (nSPS) is 14.9. The molecule has 3 amide bonds. The van der Waals surface area contributed by atoms with Crippen molar-refractivity contribution in [2.75, 3.05) is 6.54 Å². The molecule has 14 heteroatoms. The highest BCUT2D eigenvalue weighted by Gasteiger charge is 2.32. The number of carboxylic acid groups (broad SMARTS) is 1. The molecule has 0 fully saturated rings. The van der Waals surface area contributed by atoms with Crippen LogP contribution >= 0.6 is 0 Å². The quantitative estimate of drug-likeness (QED) is 0.108. The van der Waals surface area contributed by atoms with E-state index in [0.29, 0.717) is 30.6 Å². The number of amides is 3. The maximum Gasteiger partial charge on any atom is 0.328 e. The first kappa shape index (κ1) is 31.2. The first-order chi connectivity index (χ1) is 18.5. The second kappa shape index (κ2) is 15.4. The number of phenolic OH excluding ortho intramolecular Hbond substituents is 1. The van der Waals surface area contributed by atoms with Gasteiger partial charge in [-0.25, -0.2) is 9.78 Å². The molecule has 0 saturated heterocycles. The van der Waals surface area contributed by atoms with E-state index in [1.807, 2.05) is 0 Å². The molecule has 11 N–H and O–H groups in total. The lowest BCUT2D eigenvalue weighted by atomic mass is 10.0. The lowest BCUT2D eigenvalue weighted by Gasteiger charge is -2.25. The van der Waals surface area contributed by atoms with Crippen LogP contribution in [0.4, 0.5) is 0 Å². The number of nitrogens with one attached hydrogen (secondary N) is 4. The molecule has 1 heterocycles. The Morgan fingerprint density at radius 3 is 2.18 bits per heavy atom. The van der Waals surface area contributed by atoms with Crippen molar-refractivity contribution in [2.24, 2.45) is 11.5 Å². The number of rotatable bonds is 16. The summed E-state index contributed by atoms with van der Waals surface area (Å²) in [5.74, 6) is -3.48. The monoisotopic (exact) mass is 547 g/mol. The Labute approximate surface area is 225 Å². The molecule has 14 nitrogen and oxygen atoms in total. The van der Waals surface area contributed by atoms with E-state index in [9.17, 15) is 34.5 Å². The number of carbonyl (C=O) groups excluding carboxylic acids is 3. The number of hydrogen-bond donors (Lipinski definition) is 9. The standard InChI is InChI=1S/C25H37N7O7/c1-14(33)21(25(38)39)32-23(36)19(4-2-3-9-26)30-24(37)20(11-16-12-28-13-29-16)31-22(35)18(27)10-15-5-7-17(34)8-6-15/h5-8,12-14,18-21,33-34H,2-4,9-11,26-27H2,1H3,(H,28,29)(H,30,37)(H,31,35)(H,32,36)(H,38,39). The highest BCUT2D eigenvalue weighted by atomic mass is 16.4. The molecule has 2 rings (SSSR count). The van der Waals surface area contributed by atoms with Crippen LogP contribution in [-0.4, -0.2) is 85.8 Å². The molecule has 5 atom stereocenters. The second-order valence-corrected chi connectivity index (χ2v) is 9.23. The molecule has 2 aromatic rings. The molecule has 214 valence electrons. The van der Waals surface area contributed by atoms with Crippen molar-refractivity contribution in [1.29, 1.82) is 0 Å². The van der Waals surface area contributed by atoms with E-state index in [1.54, 1.807) is 12.1 Å². The first-order valence-corrected chi connectivity index (χ1v) is 12.5. The molecule has 0 bridgehead atoms. The highest BCUT2D eigenvalue weighted by Crippen LogP contribution is 2.11. The highest BCUT2D eigenvalue weighted by molar-refractivity contribution is 5.94. The fraction of sp³-hybridized carbons (Fsp3) is 0.480. The lowest BCUT2D eigenvalue weighted by molar-refractivity contribution is -0.145. The predicted molar refractivity (Wildman–Crippen MR) is 140 cm³/mol. The zero-order valence-electron chi connectivity index (χ0n) is 21.7. The number of aliphatic carboxylic acids is 1. The number of hydrogen-bond acceptors (Lipinski definition) is 9. The SMILES string of the molecule is CC(O)C(NC(=O)C(CCCCN)NC(=O)C(Cc1cnc[nH]1)NC(=O)C(N)Cc1ccc(O)cc1)C(=O)O. The first-order valence-electron chi connectivity index (χ1n) is 12.5. The van der Waals surface area contributed by atoms with Crippen molar-refractivity contribution in [3.8, 4) is 5.75 Å². The number of aliphatic hydroxyl groups is 1. The molecule has 0 radical (unpaired) electrons. The average molecular weight is 548 g/mol. The van der Waals surface area contributed by atoms with E-state index in [0.717, 1.165) is 0 Å². The van der Waals surface area contributed by atoms with E-state index in [2.05, 4.69) is 25.9 Å². The molecule has 39 heavy (non-hydrogen) atoms. The molecular weight excluding hydrogens is 510 g/mol. The smallest absolute Gasteiger partial charge is 0.328 e. The summed E-state index contributed by atoms with van der Waals surface area (Å²) in [5.41, 5.74) is 12.8. The molecule has 0 aliphatic rings. The van der Waals surface area contributed by atoms with Crippen LogP contribution in [-0.2, 0) is 32.0 Å². The van der Waals surface area contributed by atoms with Crippen molar-refractivity contribution in [1.82, 2.24) is 25.9 Å². The summed E-state index contributed by atoms with van der Waals surface area (Å²) in [6.45, 7) is 1.57. The van der Waals surface area contributed by atoms with Gasteiger partial charge in [-0.2, -0.15) is 0 Å². The molecule has 5 unspecified atom stereocenters. The number of aromatic nitrogens is 2. The predicted octanol–water partition coefficient (Wildman–Crippen LogP) is -1.72. The number of nitrogens with two attached hydrogens (primary N) is 2. The largest absolute Gasteiger partial charge is 0.508 e. The number of imidazole rings is 1. The van der Waals surface area contributed by atoms with Gasteiger partial charge in [-0.3, -0.25) is 14.4 Å². The Morgan fingerprint density at radius 2 is 1.62 bits per heavy atom. The third-order valence-corrected chi connectivity index (χ3v) is 5.97. The molecule has 0 spiro atoms. The number of carbonyl (C=O) groups is 4. The van der Waals surface area contributed by atoms with E-state index in [-0.39, 0.29) is 25.0 Å². The van der Waals surface area contributed by atoms with Crippen LogP contribution in [0.1, 0.15) is 37.4 Å². The van der Waals surface area contributed by atoms with E-state index in [4.69, 9.17) is 11.5 Å². The minimum Gasteiger partial charge on any atom is -0.508 e. The van der Waals surface area contributed by atoms with Crippen LogP contribution in [0.3, 0.4) is 0 Å². The Balaban J connectivity index is 2.17. The summed E-state index contributed by atoms with van der Waals surface area (Å²) < 4.78 is 0. The molecule has 1 aromatic heterocycles. The minimum atomic E-state index is -1.58. The zero-order valence-corrected chi connectivity index (χ0v) is 21.7. The summed E-state index contributed by atoms with van der Waals surface area (Å²) in [6.07, 6.45) is 2.81. The minimum absolute atomic E-state index is 0.00602. The van der Waals surface area contributed by atoms with Gasteiger partial charge in [0.25, 0.3) is 0 Å². The Bertz CT molecular complexity index is 1080. The van der Waals surface area contributed by atoms with E-state index < -0.39 is 54.0 Å². The van der Waals surface area contributed by atoms with Gasteiger partial charge >= 0.3 is 5.97 Å². The number of carboxylic acids is 1. The maximum absolute atomic E-state index is 13.3. The van der Waals surface area contributed by atoms with Gasteiger partial charge in [-0.05, 0) is 56.8 Å². The van der Waals surface area contributed by atoms with Gasteiger partial charge in [-0.1, -0.05) is 12.1 Å². The Morgan fingerprint density at radius 1 is 0.974 bits per heavy atom. The lowest BCUT2D eigenvalue weighted by Crippen LogP contribution is -2.58. The van der Waals surface area contributed by atoms with Gasteiger partial charge in [0.15, 0.2) is 6.04 Å². The fourth-order valence-electron chi connectivity index (χ4n) is 3.76. The van der Waals surface area contributed by atoms with Crippen LogP contribution in [0.5, 0.6) is 5.75 Å². The van der Waals surface area contributed by atoms with Crippen molar-refractivity contribution in [2.45, 2.75) is 69.3 Å². The summed E-state index contributed by atoms with van der Waals surface area (Å²) >= 11 is 0. The third kappa shape index (κ3) is 10.3. The van der Waals surface area contributed by atoms with Crippen LogP contribution in [0.2, 0.25) is 0 Å². The van der Waals surface area contributed by atoms with Crippen LogP contribution in [0.15, 0.2) is 36.8 Å². The van der Waals surface area contributed by atoms with Gasteiger partial charge in [0.1, 0.15) is 17.8 Å². The number of nitrogens with zero attached hydrogens (tertiary/aromatic N) is 1. The second-order valence-electron chi connectivity index (χ2n) is 9.23. The summed E-state index contributed by atoms with van der Waals surface area (Å²) in [5, 5.41) is 35.9.